The van der Waals surface area contributed by atoms with Crippen LogP contribution in [0.2, 0.25) is 0 Å². The average Bonchev–Trinajstić information content (AvgIpc) is 3.33. The number of benzene rings is 2. The van der Waals surface area contributed by atoms with Crippen LogP contribution in [0.25, 0.3) is 11.0 Å². The highest BCUT2D eigenvalue weighted by atomic mass is 16.1. The summed E-state index contributed by atoms with van der Waals surface area (Å²) in [4.78, 5) is 28.8. The van der Waals surface area contributed by atoms with E-state index in [4.69, 9.17) is 0 Å². The van der Waals surface area contributed by atoms with Gasteiger partial charge in [-0.2, -0.15) is 0 Å². The molecule has 0 spiro atoms. The third-order valence-corrected chi connectivity index (χ3v) is 5.16. The van der Waals surface area contributed by atoms with Gasteiger partial charge in [-0.15, -0.1) is 0 Å². The number of hydrogen-bond acceptors (Lipinski definition) is 2. The van der Waals surface area contributed by atoms with Crippen LogP contribution in [-0.2, 0) is 11.2 Å². The number of nitrogens with one attached hydrogen (secondary N) is 3. The van der Waals surface area contributed by atoms with Gasteiger partial charge in [-0.3, -0.25) is 4.79 Å². The second-order valence-electron chi connectivity index (χ2n) is 7.13. The lowest BCUT2D eigenvalue weighted by Gasteiger charge is -2.06. The number of carbonyl (C=O) groups is 1. The minimum Gasteiger partial charge on any atom is -0.356 e. The lowest BCUT2D eigenvalue weighted by atomic mass is 10.1. The van der Waals surface area contributed by atoms with E-state index in [1.807, 2.05) is 24.3 Å². The molecule has 4 rings (SSSR count). The third kappa shape index (κ3) is 3.87. The van der Waals surface area contributed by atoms with Crippen LogP contribution in [0.4, 0.5) is 0 Å². The van der Waals surface area contributed by atoms with Crippen LogP contribution in [0, 0.1) is 5.92 Å². The fourth-order valence-electron chi connectivity index (χ4n) is 3.60. The minimum absolute atomic E-state index is 0.125. The van der Waals surface area contributed by atoms with Gasteiger partial charge in [0, 0.05) is 13.0 Å². The van der Waals surface area contributed by atoms with Gasteiger partial charge in [-0.1, -0.05) is 36.4 Å². The van der Waals surface area contributed by atoms with E-state index >= 15 is 0 Å². The van der Waals surface area contributed by atoms with Crippen LogP contribution in [-0.4, -0.2) is 22.4 Å². The van der Waals surface area contributed by atoms with Crippen molar-refractivity contribution in [2.45, 2.75) is 31.6 Å². The van der Waals surface area contributed by atoms with Gasteiger partial charge in [-0.25, -0.2) is 4.79 Å². The molecule has 0 radical (unpaired) electrons. The predicted octanol–water partition coefficient (Wildman–Crippen LogP) is 3.10. The van der Waals surface area contributed by atoms with E-state index in [1.165, 1.54) is 12.0 Å². The number of hydrogen-bond donors (Lipinski definition) is 3. The van der Waals surface area contributed by atoms with Gasteiger partial charge in [0.1, 0.15) is 0 Å². The van der Waals surface area contributed by atoms with Gasteiger partial charge in [0.2, 0.25) is 5.91 Å². The van der Waals surface area contributed by atoms with E-state index in [0.29, 0.717) is 18.3 Å². The highest BCUT2D eigenvalue weighted by Gasteiger charge is 2.37. The zero-order valence-corrected chi connectivity index (χ0v) is 14.6. The number of rotatable bonds is 7. The minimum atomic E-state index is -0.189. The molecular formula is C21H23N3O2. The number of H-pyrrole nitrogens is 2. The standard InChI is InChI=1S/C21H23N3O2/c25-20(22-13-16-12-17(16)15-6-2-1-3-7-15)8-4-5-14-9-10-18-19(11-14)24-21(26)23-18/h1-3,6-7,9-11,16-17H,4-5,8,12-13H2,(H,22,25)(H2,23,24,26)/t16-,17+/m1/s1. The largest absolute Gasteiger partial charge is 0.356 e. The summed E-state index contributed by atoms with van der Waals surface area (Å²) in [5, 5.41) is 3.07. The lowest BCUT2D eigenvalue weighted by molar-refractivity contribution is -0.121. The van der Waals surface area contributed by atoms with Crippen LogP contribution in [0.3, 0.4) is 0 Å². The summed E-state index contributed by atoms with van der Waals surface area (Å²) in [5.41, 5.74) is 3.95. The molecule has 134 valence electrons. The first-order valence-electron chi connectivity index (χ1n) is 9.21. The molecule has 3 N–H and O–H groups in total. The van der Waals surface area contributed by atoms with E-state index in [0.717, 1.165) is 36.0 Å². The van der Waals surface area contributed by atoms with Gasteiger partial charge in [0.05, 0.1) is 11.0 Å². The third-order valence-electron chi connectivity index (χ3n) is 5.16. The summed E-state index contributed by atoms with van der Waals surface area (Å²) >= 11 is 0. The maximum atomic E-state index is 12.1. The molecule has 5 nitrogen and oxygen atoms in total. The summed E-state index contributed by atoms with van der Waals surface area (Å²) in [5.74, 6) is 1.31. The molecule has 1 aromatic heterocycles. The van der Waals surface area contributed by atoms with Crippen molar-refractivity contribution in [1.29, 1.82) is 0 Å². The molecule has 5 heteroatoms. The van der Waals surface area contributed by atoms with Crippen molar-refractivity contribution < 1.29 is 4.79 Å². The zero-order valence-electron chi connectivity index (χ0n) is 14.6. The maximum Gasteiger partial charge on any atom is 0.323 e. The molecule has 3 aromatic rings. The Hall–Kier alpha value is -2.82. The fourth-order valence-corrected chi connectivity index (χ4v) is 3.60. The Morgan fingerprint density at radius 2 is 1.88 bits per heavy atom. The van der Waals surface area contributed by atoms with E-state index in [1.54, 1.807) is 0 Å². The summed E-state index contributed by atoms with van der Waals surface area (Å²) in [6.45, 7) is 0.773. The molecule has 1 aliphatic rings. The van der Waals surface area contributed by atoms with E-state index in [-0.39, 0.29) is 11.6 Å². The van der Waals surface area contributed by atoms with E-state index in [9.17, 15) is 9.59 Å². The first kappa shape index (κ1) is 16.6. The van der Waals surface area contributed by atoms with E-state index < -0.39 is 0 Å². The Morgan fingerprint density at radius 3 is 2.73 bits per heavy atom. The molecule has 0 bridgehead atoms. The topological polar surface area (TPSA) is 77.8 Å². The Balaban J connectivity index is 1.19. The second kappa shape index (κ2) is 7.20. The van der Waals surface area contributed by atoms with Gasteiger partial charge >= 0.3 is 5.69 Å². The number of carbonyl (C=O) groups excluding carboxylic acids is 1. The van der Waals surface area contributed by atoms with Crippen molar-refractivity contribution >= 4 is 16.9 Å². The molecule has 1 aliphatic carbocycles. The van der Waals surface area contributed by atoms with Crippen LogP contribution in [0.5, 0.6) is 0 Å². The first-order chi connectivity index (χ1) is 12.7. The number of amides is 1. The molecule has 0 unspecified atom stereocenters. The van der Waals surface area contributed by atoms with Crippen molar-refractivity contribution in [2.24, 2.45) is 5.92 Å². The molecule has 0 aliphatic heterocycles. The molecular weight excluding hydrogens is 326 g/mol. The SMILES string of the molecule is O=C(CCCc1ccc2[nH]c(=O)[nH]c2c1)NC[C@H]1C[C@H]1c1ccccc1. The van der Waals surface area contributed by atoms with Crippen LogP contribution in [0.1, 0.15) is 36.3 Å². The van der Waals surface area contributed by atoms with E-state index in [2.05, 4.69) is 39.6 Å². The Morgan fingerprint density at radius 1 is 1.08 bits per heavy atom. The zero-order chi connectivity index (χ0) is 17.9. The van der Waals surface area contributed by atoms with Crippen LogP contribution < -0.4 is 11.0 Å². The molecule has 0 saturated heterocycles. The Kier molecular flexibility index (Phi) is 4.61. The molecule has 2 atom stereocenters. The Labute approximate surface area is 151 Å². The highest BCUT2D eigenvalue weighted by molar-refractivity contribution is 5.76. The van der Waals surface area contributed by atoms with Gasteiger partial charge in [-0.05, 0) is 54.4 Å². The van der Waals surface area contributed by atoms with Gasteiger partial charge < -0.3 is 15.3 Å². The monoisotopic (exact) mass is 349 g/mol. The Bertz CT molecular complexity index is 958. The van der Waals surface area contributed by atoms with Gasteiger partial charge in [0.25, 0.3) is 0 Å². The maximum absolute atomic E-state index is 12.1. The molecule has 2 aromatic carbocycles. The number of aromatic amines is 2. The molecule has 1 fully saturated rings. The van der Waals surface area contributed by atoms with Crippen molar-refractivity contribution in [1.82, 2.24) is 15.3 Å². The lowest BCUT2D eigenvalue weighted by Crippen LogP contribution is -2.25. The number of imidazole rings is 1. The second-order valence-corrected chi connectivity index (χ2v) is 7.13. The summed E-state index contributed by atoms with van der Waals surface area (Å²) < 4.78 is 0. The smallest absolute Gasteiger partial charge is 0.323 e. The number of aromatic nitrogens is 2. The number of aryl methyl sites for hydroxylation is 1. The summed E-state index contributed by atoms with van der Waals surface area (Å²) in [6.07, 6.45) is 3.33. The van der Waals surface area contributed by atoms with Crippen molar-refractivity contribution in [3.05, 3.63) is 70.1 Å². The average molecular weight is 349 g/mol. The van der Waals surface area contributed by atoms with Crippen LogP contribution >= 0.6 is 0 Å². The molecule has 1 saturated carbocycles. The highest BCUT2D eigenvalue weighted by Crippen LogP contribution is 2.46. The van der Waals surface area contributed by atoms with Crippen molar-refractivity contribution in [2.75, 3.05) is 6.54 Å². The predicted molar refractivity (Wildman–Crippen MR) is 102 cm³/mol. The molecule has 1 amide bonds. The van der Waals surface area contributed by atoms with Crippen molar-refractivity contribution in [3.8, 4) is 0 Å². The fraction of sp³-hybridized carbons (Fsp3) is 0.333. The number of fused-ring (bicyclic) bond motifs is 1. The van der Waals surface area contributed by atoms with Crippen LogP contribution in [0.15, 0.2) is 53.3 Å². The van der Waals surface area contributed by atoms with Gasteiger partial charge in [0.15, 0.2) is 0 Å². The summed E-state index contributed by atoms with van der Waals surface area (Å²) in [6, 6.07) is 16.4. The quantitative estimate of drug-likeness (QED) is 0.613. The summed E-state index contributed by atoms with van der Waals surface area (Å²) in [7, 11) is 0. The normalized spacial score (nSPS) is 18.8. The first-order valence-corrected chi connectivity index (χ1v) is 9.21. The van der Waals surface area contributed by atoms with Crippen molar-refractivity contribution in [3.63, 3.8) is 0 Å². The molecule has 1 heterocycles. The molecule has 26 heavy (non-hydrogen) atoms.